The molecule has 100 valence electrons. The number of ether oxygens (including phenoxy) is 1. The van der Waals surface area contributed by atoms with Crippen LogP contribution in [-0.2, 0) is 4.79 Å². The number of hydrogen-bond donors (Lipinski definition) is 1. The summed E-state index contributed by atoms with van der Waals surface area (Å²) in [5.41, 5.74) is 0.313. The number of rotatable bonds is 3. The maximum Gasteiger partial charge on any atom is 0.200 e. The molecular formula is C15H16O4. The number of carbonyl (C=O) groups is 2. The SMILES string of the molecule is COc1ccc(C(=O)C2=C(O)CC(C)CC2=O)cc1. The lowest BCUT2D eigenvalue weighted by Gasteiger charge is -2.19. The second kappa shape index (κ2) is 5.26. The van der Waals surface area contributed by atoms with E-state index in [0.29, 0.717) is 24.2 Å². The predicted molar refractivity (Wildman–Crippen MR) is 70.4 cm³/mol. The zero-order valence-electron chi connectivity index (χ0n) is 11.0. The normalized spacial score (nSPS) is 19.5. The zero-order chi connectivity index (χ0) is 14.0. The van der Waals surface area contributed by atoms with Gasteiger partial charge in [0.1, 0.15) is 17.1 Å². The van der Waals surface area contributed by atoms with Gasteiger partial charge in [-0.25, -0.2) is 0 Å². The Hall–Kier alpha value is -2.10. The standard InChI is InChI=1S/C15H16O4/c1-9-7-12(16)14(13(17)8-9)15(18)10-3-5-11(19-2)6-4-10/h3-6,9,16H,7-8H2,1-2H3. The van der Waals surface area contributed by atoms with Crippen molar-refractivity contribution < 1.29 is 19.4 Å². The molecule has 0 saturated heterocycles. The van der Waals surface area contributed by atoms with Crippen molar-refractivity contribution in [2.45, 2.75) is 19.8 Å². The molecule has 1 aromatic carbocycles. The van der Waals surface area contributed by atoms with Gasteiger partial charge in [0.2, 0.25) is 0 Å². The molecule has 0 heterocycles. The monoisotopic (exact) mass is 260 g/mol. The highest BCUT2D eigenvalue weighted by molar-refractivity contribution is 6.26. The fourth-order valence-corrected chi connectivity index (χ4v) is 2.23. The Kier molecular flexibility index (Phi) is 3.69. The zero-order valence-corrected chi connectivity index (χ0v) is 11.0. The van der Waals surface area contributed by atoms with Gasteiger partial charge in [0.05, 0.1) is 7.11 Å². The molecule has 1 atom stereocenters. The number of hydrogen-bond acceptors (Lipinski definition) is 4. The Morgan fingerprint density at radius 1 is 1.26 bits per heavy atom. The molecule has 2 rings (SSSR count). The molecule has 0 radical (unpaired) electrons. The molecule has 0 aromatic heterocycles. The van der Waals surface area contributed by atoms with E-state index < -0.39 is 5.78 Å². The number of Topliss-reactive ketones (excluding diaryl/α,β-unsaturated/α-hetero) is 2. The van der Waals surface area contributed by atoms with Crippen LogP contribution in [0.2, 0.25) is 0 Å². The quantitative estimate of drug-likeness (QED) is 0.670. The largest absolute Gasteiger partial charge is 0.511 e. The van der Waals surface area contributed by atoms with Gasteiger partial charge in [-0.05, 0) is 30.2 Å². The fourth-order valence-electron chi connectivity index (χ4n) is 2.23. The molecule has 19 heavy (non-hydrogen) atoms. The van der Waals surface area contributed by atoms with E-state index in [0.717, 1.165) is 0 Å². The van der Waals surface area contributed by atoms with Crippen molar-refractivity contribution in [1.82, 2.24) is 0 Å². The van der Waals surface area contributed by atoms with E-state index >= 15 is 0 Å². The van der Waals surface area contributed by atoms with Crippen LogP contribution >= 0.6 is 0 Å². The summed E-state index contributed by atoms with van der Waals surface area (Å²) in [7, 11) is 1.54. The molecule has 1 aliphatic rings. The maximum atomic E-state index is 12.2. The summed E-state index contributed by atoms with van der Waals surface area (Å²) in [6.07, 6.45) is 0.685. The minimum atomic E-state index is -0.419. The lowest BCUT2D eigenvalue weighted by Crippen LogP contribution is -2.23. The molecular weight excluding hydrogens is 244 g/mol. The highest BCUT2D eigenvalue weighted by Gasteiger charge is 2.30. The van der Waals surface area contributed by atoms with Crippen molar-refractivity contribution in [3.63, 3.8) is 0 Å². The minimum absolute atomic E-state index is 0.0664. The second-order valence-electron chi connectivity index (χ2n) is 4.82. The van der Waals surface area contributed by atoms with Gasteiger partial charge in [-0.2, -0.15) is 0 Å². The highest BCUT2D eigenvalue weighted by atomic mass is 16.5. The lowest BCUT2D eigenvalue weighted by atomic mass is 9.85. The first-order valence-electron chi connectivity index (χ1n) is 6.17. The third-order valence-corrected chi connectivity index (χ3v) is 3.22. The van der Waals surface area contributed by atoms with E-state index in [1.165, 1.54) is 7.11 Å². The van der Waals surface area contributed by atoms with Crippen molar-refractivity contribution in [2.24, 2.45) is 5.92 Å². The Bertz CT molecular complexity index is 540. The van der Waals surface area contributed by atoms with E-state index in [-0.39, 0.29) is 23.0 Å². The second-order valence-corrected chi connectivity index (χ2v) is 4.82. The summed E-state index contributed by atoms with van der Waals surface area (Å²) in [6.45, 7) is 1.88. The van der Waals surface area contributed by atoms with Gasteiger partial charge in [-0.1, -0.05) is 6.92 Å². The van der Waals surface area contributed by atoms with E-state index in [1.54, 1.807) is 24.3 Å². The Balaban J connectivity index is 2.32. The Morgan fingerprint density at radius 3 is 2.42 bits per heavy atom. The van der Waals surface area contributed by atoms with Crippen molar-refractivity contribution in [3.05, 3.63) is 41.2 Å². The van der Waals surface area contributed by atoms with Gasteiger partial charge in [0.25, 0.3) is 0 Å². The number of allylic oxidation sites excluding steroid dienone is 2. The number of aliphatic hydroxyl groups is 1. The van der Waals surface area contributed by atoms with Gasteiger partial charge in [0.15, 0.2) is 11.6 Å². The number of ketones is 2. The molecule has 0 saturated carbocycles. The summed E-state index contributed by atoms with van der Waals surface area (Å²) in [4.78, 5) is 24.1. The molecule has 1 unspecified atom stereocenters. The minimum Gasteiger partial charge on any atom is -0.511 e. The molecule has 4 heteroatoms. The summed E-state index contributed by atoms with van der Waals surface area (Å²) in [5.74, 6) is -0.0723. The van der Waals surface area contributed by atoms with Gasteiger partial charge in [-0.3, -0.25) is 9.59 Å². The van der Waals surface area contributed by atoms with Crippen LogP contribution in [0.5, 0.6) is 5.75 Å². The van der Waals surface area contributed by atoms with Crippen molar-refractivity contribution in [2.75, 3.05) is 7.11 Å². The van der Waals surface area contributed by atoms with Crippen LogP contribution in [-0.4, -0.2) is 23.8 Å². The summed E-state index contributed by atoms with van der Waals surface area (Å²) in [5, 5.41) is 9.86. The number of methoxy groups -OCH3 is 1. The predicted octanol–water partition coefficient (Wildman–Crippen LogP) is 2.69. The van der Waals surface area contributed by atoms with E-state index in [2.05, 4.69) is 0 Å². The number of carbonyl (C=O) groups excluding carboxylic acids is 2. The first kappa shape index (κ1) is 13.3. The Morgan fingerprint density at radius 2 is 1.89 bits per heavy atom. The average molecular weight is 260 g/mol. The molecule has 1 aromatic rings. The third kappa shape index (κ3) is 2.67. The van der Waals surface area contributed by atoms with Crippen LogP contribution in [0.25, 0.3) is 0 Å². The molecule has 1 N–H and O–H groups in total. The van der Waals surface area contributed by atoms with E-state index in [4.69, 9.17) is 4.74 Å². The number of aliphatic hydroxyl groups excluding tert-OH is 1. The first-order valence-corrected chi connectivity index (χ1v) is 6.17. The lowest BCUT2D eigenvalue weighted by molar-refractivity contribution is -0.116. The maximum absolute atomic E-state index is 12.2. The van der Waals surface area contributed by atoms with Crippen LogP contribution in [0.1, 0.15) is 30.1 Å². The average Bonchev–Trinajstić information content (AvgIpc) is 2.37. The molecule has 0 spiro atoms. The highest BCUT2D eigenvalue weighted by Crippen LogP contribution is 2.27. The molecule has 0 amide bonds. The topological polar surface area (TPSA) is 63.6 Å². The smallest absolute Gasteiger partial charge is 0.200 e. The van der Waals surface area contributed by atoms with Crippen LogP contribution in [0.15, 0.2) is 35.6 Å². The fraction of sp³-hybridized carbons (Fsp3) is 0.333. The summed E-state index contributed by atoms with van der Waals surface area (Å²) >= 11 is 0. The molecule has 1 aliphatic carbocycles. The van der Waals surface area contributed by atoms with E-state index in [1.807, 2.05) is 6.92 Å². The number of benzene rings is 1. The van der Waals surface area contributed by atoms with E-state index in [9.17, 15) is 14.7 Å². The summed E-state index contributed by atoms with van der Waals surface area (Å²) in [6, 6.07) is 6.49. The molecule has 0 fully saturated rings. The molecule has 0 aliphatic heterocycles. The summed E-state index contributed by atoms with van der Waals surface area (Å²) < 4.78 is 5.01. The van der Waals surface area contributed by atoms with Crippen molar-refractivity contribution in [1.29, 1.82) is 0 Å². The first-order chi connectivity index (χ1) is 9.02. The van der Waals surface area contributed by atoms with Gasteiger partial charge in [-0.15, -0.1) is 0 Å². The van der Waals surface area contributed by atoms with Crippen molar-refractivity contribution >= 4 is 11.6 Å². The van der Waals surface area contributed by atoms with Crippen LogP contribution in [0.3, 0.4) is 0 Å². The van der Waals surface area contributed by atoms with Crippen LogP contribution < -0.4 is 4.74 Å². The van der Waals surface area contributed by atoms with Gasteiger partial charge in [0, 0.05) is 18.4 Å². The Labute approximate surface area is 111 Å². The van der Waals surface area contributed by atoms with Crippen LogP contribution in [0, 0.1) is 5.92 Å². The molecule has 0 bridgehead atoms. The van der Waals surface area contributed by atoms with Gasteiger partial charge >= 0.3 is 0 Å². The van der Waals surface area contributed by atoms with Crippen LogP contribution in [0.4, 0.5) is 0 Å². The molecule has 4 nitrogen and oxygen atoms in total. The van der Waals surface area contributed by atoms with Gasteiger partial charge < -0.3 is 9.84 Å². The third-order valence-electron chi connectivity index (χ3n) is 3.22. The van der Waals surface area contributed by atoms with Crippen molar-refractivity contribution in [3.8, 4) is 5.75 Å².